The molecule has 0 aliphatic carbocycles. The van der Waals surface area contributed by atoms with Gasteiger partial charge in [-0.25, -0.2) is 14.6 Å². The molecule has 84 valence electrons. The van der Waals surface area contributed by atoms with Crippen molar-refractivity contribution in [3.8, 4) is 0 Å². The molecule has 8 nitrogen and oxygen atoms in total. The number of carbonyl (C=O) groups excluding carboxylic acids is 2. The molecule has 0 fully saturated rings. The smallest absolute Gasteiger partial charge is 0.318 e. The third-order valence-corrected chi connectivity index (χ3v) is 1.48. The normalized spacial score (nSPS) is 9.06. The summed E-state index contributed by atoms with van der Waals surface area (Å²) >= 11 is 0. The number of aromatic nitrogens is 2. The van der Waals surface area contributed by atoms with Crippen LogP contribution in [0.2, 0.25) is 0 Å². The lowest BCUT2D eigenvalue weighted by molar-refractivity contribution is 0.252. The van der Waals surface area contributed by atoms with Crippen LogP contribution >= 0.6 is 0 Å². The molecule has 0 atom stereocenters. The van der Waals surface area contributed by atoms with Gasteiger partial charge in [0.2, 0.25) is 12.0 Å². The van der Waals surface area contributed by atoms with Crippen molar-refractivity contribution >= 4 is 18.1 Å². The topological polar surface area (TPSA) is 116 Å². The maximum Gasteiger partial charge on any atom is 0.323 e. The number of rotatable bonds is 3. The van der Waals surface area contributed by atoms with Gasteiger partial charge >= 0.3 is 6.03 Å². The molecule has 0 bridgehead atoms. The Bertz CT molecular complexity index is 489. The summed E-state index contributed by atoms with van der Waals surface area (Å²) in [4.78, 5) is 41.2. The second-order valence-electron chi connectivity index (χ2n) is 2.77. The number of amides is 2. The molecule has 1 aromatic rings. The predicted molar refractivity (Wildman–Crippen MR) is 54.7 cm³/mol. The summed E-state index contributed by atoms with van der Waals surface area (Å²) in [5.41, 5.74) is 0.110. The molecular weight excluding hydrogens is 214 g/mol. The van der Waals surface area contributed by atoms with E-state index in [9.17, 15) is 14.4 Å². The lowest BCUT2D eigenvalue weighted by atomic mass is 10.4. The number of nitrogens with one attached hydrogen (secondary N) is 3. The van der Waals surface area contributed by atoms with Crippen LogP contribution in [0.4, 0.5) is 10.7 Å². The molecule has 0 aliphatic heterocycles. The predicted octanol–water partition coefficient (Wildman–Crippen LogP) is -0.507. The Morgan fingerprint density at radius 1 is 1.69 bits per heavy atom. The summed E-state index contributed by atoms with van der Waals surface area (Å²) < 4.78 is 0. The third-order valence-electron chi connectivity index (χ3n) is 1.48. The Morgan fingerprint density at radius 3 is 3.06 bits per heavy atom. The molecule has 0 aliphatic rings. The molecule has 8 heteroatoms. The van der Waals surface area contributed by atoms with Crippen LogP contribution in [0.15, 0.2) is 15.9 Å². The molecule has 1 rings (SSSR count). The summed E-state index contributed by atoms with van der Waals surface area (Å²) in [6.45, 7) is 1.43. The number of aliphatic imine (C=N–C) groups is 1. The Kier molecular flexibility index (Phi) is 3.93. The van der Waals surface area contributed by atoms with Crippen LogP contribution in [-0.2, 0) is 4.79 Å². The zero-order valence-corrected chi connectivity index (χ0v) is 8.40. The standard InChI is InChI=1S/C8H9N5O3/c1-5-2-6(15)12-7(11-5)13-8(16)10-3-9-4-14/h2H,3H2,1H3,(H3,10,11,12,13,15,16). The van der Waals surface area contributed by atoms with E-state index in [4.69, 9.17) is 0 Å². The van der Waals surface area contributed by atoms with E-state index in [1.807, 2.05) is 0 Å². The number of nitrogens with zero attached hydrogens (tertiary/aromatic N) is 2. The van der Waals surface area contributed by atoms with Crippen LogP contribution in [0.1, 0.15) is 5.69 Å². The molecule has 3 N–H and O–H groups in total. The summed E-state index contributed by atoms with van der Waals surface area (Å²) in [5, 5.41) is 4.51. The fraction of sp³-hybridized carbons (Fsp3) is 0.250. The number of hydrogen-bond acceptors (Lipinski definition) is 5. The van der Waals surface area contributed by atoms with E-state index in [1.165, 1.54) is 12.1 Å². The van der Waals surface area contributed by atoms with Crippen LogP contribution in [0.25, 0.3) is 0 Å². The Balaban J connectivity index is 2.62. The number of aryl methyl sites for hydroxylation is 1. The van der Waals surface area contributed by atoms with E-state index < -0.39 is 6.03 Å². The van der Waals surface area contributed by atoms with Crippen molar-refractivity contribution in [3.63, 3.8) is 0 Å². The first-order chi connectivity index (χ1) is 7.61. The van der Waals surface area contributed by atoms with Gasteiger partial charge in [0.15, 0.2) is 0 Å². The molecule has 0 spiro atoms. The van der Waals surface area contributed by atoms with E-state index in [-0.39, 0.29) is 18.2 Å². The van der Waals surface area contributed by atoms with Gasteiger partial charge in [-0.3, -0.25) is 15.1 Å². The van der Waals surface area contributed by atoms with Crippen LogP contribution < -0.4 is 16.2 Å². The van der Waals surface area contributed by atoms with E-state index >= 15 is 0 Å². The highest BCUT2D eigenvalue weighted by Crippen LogP contribution is 1.94. The third kappa shape index (κ3) is 3.72. The molecule has 1 aromatic heterocycles. The molecule has 0 unspecified atom stereocenters. The summed E-state index contributed by atoms with van der Waals surface area (Å²) in [6.07, 6.45) is 1.26. The maximum atomic E-state index is 11.1. The molecule has 0 radical (unpaired) electrons. The quantitative estimate of drug-likeness (QED) is 0.472. The SMILES string of the molecule is Cc1cc(=O)[nH]c(NC(=O)NCN=C=O)n1. The molecule has 0 saturated carbocycles. The Labute approximate surface area is 89.8 Å². The van der Waals surface area contributed by atoms with Crippen LogP contribution in [0.5, 0.6) is 0 Å². The molecule has 0 saturated heterocycles. The van der Waals surface area contributed by atoms with E-state index in [0.29, 0.717) is 5.69 Å². The first kappa shape index (κ1) is 11.6. The number of carbonyl (C=O) groups is 1. The van der Waals surface area contributed by atoms with Crippen LogP contribution in [0, 0.1) is 6.92 Å². The average molecular weight is 223 g/mol. The van der Waals surface area contributed by atoms with Gasteiger partial charge in [-0.05, 0) is 6.92 Å². The van der Waals surface area contributed by atoms with Crippen molar-refractivity contribution in [2.45, 2.75) is 6.92 Å². The van der Waals surface area contributed by atoms with Crippen molar-refractivity contribution in [1.29, 1.82) is 0 Å². The van der Waals surface area contributed by atoms with Crippen molar-refractivity contribution < 1.29 is 9.59 Å². The van der Waals surface area contributed by atoms with E-state index in [0.717, 1.165) is 0 Å². The van der Waals surface area contributed by atoms with Crippen molar-refractivity contribution in [3.05, 3.63) is 22.1 Å². The van der Waals surface area contributed by atoms with Crippen LogP contribution in [0.3, 0.4) is 0 Å². The Hall–Kier alpha value is -2.47. The molecular formula is C8H9N5O3. The second kappa shape index (κ2) is 5.42. The first-order valence-electron chi connectivity index (χ1n) is 4.28. The highest BCUT2D eigenvalue weighted by atomic mass is 16.2. The first-order valence-corrected chi connectivity index (χ1v) is 4.28. The highest BCUT2D eigenvalue weighted by Gasteiger charge is 2.02. The molecule has 0 aromatic carbocycles. The number of hydrogen-bond donors (Lipinski definition) is 3. The van der Waals surface area contributed by atoms with Gasteiger partial charge in [0.05, 0.1) is 0 Å². The van der Waals surface area contributed by atoms with E-state index in [1.54, 1.807) is 6.92 Å². The van der Waals surface area contributed by atoms with Crippen LogP contribution in [-0.4, -0.2) is 28.7 Å². The summed E-state index contributed by atoms with van der Waals surface area (Å²) in [6, 6.07) is 0.660. The highest BCUT2D eigenvalue weighted by molar-refractivity contribution is 5.87. The fourth-order valence-electron chi connectivity index (χ4n) is 0.934. The monoisotopic (exact) mass is 223 g/mol. The maximum absolute atomic E-state index is 11.1. The minimum absolute atomic E-state index is 0.0255. The van der Waals surface area contributed by atoms with Gasteiger partial charge in [-0.1, -0.05) is 0 Å². The zero-order chi connectivity index (χ0) is 12.0. The van der Waals surface area contributed by atoms with Gasteiger partial charge in [0, 0.05) is 11.8 Å². The van der Waals surface area contributed by atoms with E-state index in [2.05, 4.69) is 25.6 Å². The van der Waals surface area contributed by atoms with Gasteiger partial charge in [0.1, 0.15) is 6.67 Å². The van der Waals surface area contributed by atoms with Crippen molar-refractivity contribution in [2.75, 3.05) is 12.0 Å². The number of aromatic amines is 1. The lowest BCUT2D eigenvalue weighted by Gasteiger charge is -2.04. The lowest BCUT2D eigenvalue weighted by Crippen LogP contribution is -2.30. The number of H-pyrrole nitrogens is 1. The zero-order valence-electron chi connectivity index (χ0n) is 8.40. The van der Waals surface area contributed by atoms with Crippen molar-refractivity contribution in [2.24, 2.45) is 4.99 Å². The largest absolute Gasteiger partial charge is 0.323 e. The van der Waals surface area contributed by atoms with Gasteiger partial charge in [-0.15, -0.1) is 0 Å². The fourth-order valence-corrected chi connectivity index (χ4v) is 0.934. The summed E-state index contributed by atoms with van der Waals surface area (Å²) in [5.74, 6) is 0.0255. The van der Waals surface area contributed by atoms with Gasteiger partial charge < -0.3 is 5.32 Å². The molecule has 2 amide bonds. The van der Waals surface area contributed by atoms with Gasteiger partial charge in [0.25, 0.3) is 5.56 Å². The molecule has 1 heterocycles. The minimum Gasteiger partial charge on any atom is -0.318 e. The number of isocyanates is 1. The number of urea groups is 1. The second-order valence-corrected chi connectivity index (χ2v) is 2.77. The van der Waals surface area contributed by atoms with Gasteiger partial charge in [-0.2, -0.15) is 4.99 Å². The summed E-state index contributed by atoms with van der Waals surface area (Å²) in [7, 11) is 0. The number of anilines is 1. The molecule has 16 heavy (non-hydrogen) atoms. The average Bonchev–Trinajstić information content (AvgIpc) is 2.16. The Morgan fingerprint density at radius 2 is 2.44 bits per heavy atom. The van der Waals surface area contributed by atoms with Crippen molar-refractivity contribution in [1.82, 2.24) is 15.3 Å². The minimum atomic E-state index is -0.632.